The van der Waals surface area contributed by atoms with Crippen LogP contribution in [-0.4, -0.2) is 51.4 Å². The number of hydrogen-bond acceptors (Lipinski definition) is 3. The molecule has 2 amide bonds. The minimum Gasteiger partial charge on any atom is -0.481 e. The summed E-state index contributed by atoms with van der Waals surface area (Å²) in [7, 11) is 0. The van der Waals surface area contributed by atoms with Gasteiger partial charge in [-0.25, -0.2) is 9.18 Å². The van der Waals surface area contributed by atoms with Crippen molar-refractivity contribution in [1.29, 1.82) is 0 Å². The summed E-state index contributed by atoms with van der Waals surface area (Å²) < 4.78 is 52.5. The van der Waals surface area contributed by atoms with Crippen LogP contribution in [0.15, 0.2) is 48.5 Å². The number of rotatable bonds is 12. The average molecular weight is 525 g/mol. The summed E-state index contributed by atoms with van der Waals surface area (Å²) in [6.45, 7) is 1.11. The molecule has 1 unspecified atom stereocenters. The second-order valence-electron chi connectivity index (χ2n) is 8.85. The molecule has 10 heteroatoms. The largest absolute Gasteiger partial charge is 0.481 e. The van der Waals surface area contributed by atoms with Gasteiger partial charge in [-0.1, -0.05) is 42.9 Å². The number of amides is 2. The molecule has 0 spiro atoms. The van der Waals surface area contributed by atoms with Crippen molar-refractivity contribution in [2.75, 3.05) is 19.6 Å². The SMILES string of the molecule is O=C(O)CC(c1cccc(C(F)(F)F)c1)N1CCN(CCCCCC(=S)Cc2ccc(F)cc2)C1=O. The van der Waals surface area contributed by atoms with Crippen LogP contribution in [0.3, 0.4) is 0 Å². The molecule has 1 atom stereocenters. The van der Waals surface area contributed by atoms with E-state index in [1.165, 1.54) is 29.2 Å². The van der Waals surface area contributed by atoms with Gasteiger partial charge in [0.25, 0.3) is 0 Å². The number of thiocarbonyl (C=S) groups is 1. The first-order valence-electron chi connectivity index (χ1n) is 11.7. The van der Waals surface area contributed by atoms with Crippen LogP contribution in [0, 0.1) is 5.82 Å². The van der Waals surface area contributed by atoms with Gasteiger partial charge in [0.2, 0.25) is 0 Å². The molecule has 1 aliphatic rings. The predicted molar refractivity (Wildman–Crippen MR) is 131 cm³/mol. The third-order valence-corrected chi connectivity index (χ3v) is 6.52. The molecule has 2 aromatic rings. The van der Waals surface area contributed by atoms with Gasteiger partial charge >= 0.3 is 18.2 Å². The van der Waals surface area contributed by atoms with Crippen LogP contribution in [-0.2, 0) is 17.4 Å². The number of benzene rings is 2. The van der Waals surface area contributed by atoms with E-state index in [0.717, 1.165) is 48.2 Å². The van der Waals surface area contributed by atoms with Crippen LogP contribution in [0.1, 0.15) is 54.8 Å². The van der Waals surface area contributed by atoms with Crippen molar-refractivity contribution in [1.82, 2.24) is 9.80 Å². The molecular weight excluding hydrogens is 496 g/mol. The molecule has 5 nitrogen and oxygen atoms in total. The number of aliphatic carboxylic acids is 1. The highest BCUT2D eigenvalue weighted by molar-refractivity contribution is 7.80. The Balaban J connectivity index is 1.50. The van der Waals surface area contributed by atoms with Gasteiger partial charge in [0.15, 0.2) is 0 Å². The van der Waals surface area contributed by atoms with E-state index in [1.54, 1.807) is 17.0 Å². The predicted octanol–water partition coefficient (Wildman–Crippen LogP) is 6.27. The molecule has 1 fully saturated rings. The van der Waals surface area contributed by atoms with E-state index >= 15 is 0 Å². The summed E-state index contributed by atoms with van der Waals surface area (Å²) in [5.41, 5.74) is 0.231. The molecule has 1 saturated heterocycles. The number of urea groups is 1. The standard InChI is InChI=1S/C26H28F4N2O3S/c27-21-10-8-18(9-11-21)15-22(36)7-2-1-3-12-31-13-14-32(25(31)35)23(17-24(33)34)19-5-4-6-20(16-19)26(28,29)30/h4-6,8-11,16,23H,1-3,7,12-15,17H2,(H,33,34). The summed E-state index contributed by atoms with van der Waals surface area (Å²) in [5.74, 6) is -1.48. The fourth-order valence-corrected chi connectivity index (χ4v) is 4.62. The fourth-order valence-electron chi connectivity index (χ4n) is 4.31. The molecule has 3 rings (SSSR count). The molecule has 0 aromatic heterocycles. The third-order valence-electron chi connectivity index (χ3n) is 6.17. The zero-order chi connectivity index (χ0) is 26.3. The maximum Gasteiger partial charge on any atom is 0.416 e. The van der Waals surface area contributed by atoms with E-state index in [2.05, 4.69) is 0 Å². The average Bonchev–Trinajstić information content (AvgIpc) is 3.18. The van der Waals surface area contributed by atoms with Gasteiger partial charge in [-0.3, -0.25) is 4.79 Å². The van der Waals surface area contributed by atoms with Crippen molar-refractivity contribution in [2.45, 2.75) is 50.7 Å². The lowest BCUT2D eigenvalue weighted by Gasteiger charge is -2.28. The van der Waals surface area contributed by atoms with Crippen molar-refractivity contribution in [2.24, 2.45) is 0 Å². The quantitative estimate of drug-likeness (QED) is 0.202. The lowest BCUT2D eigenvalue weighted by atomic mass is 10.00. The minimum absolute atomic E-state index is 0.150. The number of alkyl halides is 3. The molecule has 0 saturated carbocycles. The summed E-state index contributed by atoms with van der Waals surface area (Å²) in [5, 5.41) is 9.34. The van der Waals surface area contributed by atoms with Crippen molar-refractivity contribution >= 4 is 29.1 Å². The molecule has 1 aliphatic heterocycles. The third kappa shape index (κ3) is 7.74. The van der Waals surface area contributed by atoms with Gasteiger partial charge in [0.1, 0.15) is 5.82 Å². The Morgan fingerprint density at radius 3 is 2.44 bits per heavy atom. The number of nitrogens with zero attached hydrogens (tertiary/aromatic N) is 2. The number of hydrogen-bond donors (Lipinski definition) is 1. The highest BCUT2D eigenvalue weighted by Gasteiger charge is 2.37. The van der Waals surface area contributed by atoms with Gasteiger partial charge < -0.3 is 14.9 Å². The number of unbranched alkanes of at least 4 members (excludes halogenated alkanes) is 2. The minimum atomic E-state index is -4.56. The number of carbonyl (C=O) groups excluding carboxylic acids is 1. The zero-order valence-corrected chi connectivity index (χ0v) is 20.5. The topological polar surface area (TPSA) is 60.9 Å². The van der Waals surface area contributed by atoms with Crippen LogP contribution in [0.4, 0.5) is 22.4 Å². The molecule has 194 valence electrons. The number of carbonyl (C=O) groups is 2. The van der Waals surface area contributed by atoms with Crippen LogP contribution in [0.5, 0.6) is 0 Å². The molecule has 36 heavy (non-hydrogen) atoms. The van der Waals surface area contributed by atoms with E-state index in [4.69, 9.17) is 12.2 Å². The highest BCUT2D eigenvalue weighted by Crippen LogP contribution is 2.34. The second-order valence-corrected chi connectivity index (χ2v) is 9.43. The normalized spacial score (nSPS) is 14.8. The lowest BCUT2D eigenvalue weighted by molar-refractivity contribution is -0.138. The maximum absolute atomic E-state index is 13.2. The first-order chi connectivity index (χ1) is 17.0. The molecule has 1 N–H and O–H groups in total. The Morgan fingerprint density at radius 1 is 1.06 bits per heavy atom. The van der Waals surface area contributed by atoms with Crippen LogP contribution < -0.4 is 0 Å². The van der Waals surface area contributed by atoms with Crippen molar-refractivity contribution in [3.63, 3.8) is 0 Å². The Morgan fingerprint density at radius 2 is 1.78 bits per heavy atom. The fraction of sp³-hybridized carbons (Fsp3) is 0.423. The zero-order valence-electron chi connectivity index (χ0n) is 19.6. The second kappa shape index (κ2) is 12.3. The van der Waals surface area contributed by atoms with Gasteiger partial charge in [0, 0.05) is 26.1 Å². The van der Waals surface area contributed by atoms with E-state index in [9.17, 15) is 32.3 Å². The van der Waals surface area contributed by atoms with Gasteiger partial charge in [-0.15, -0.1) is 0 Å². The molecular formula is C26H28F4N2O3S. The number of carboxylic acid groups (broad SMARTS) is 1. The van der Waals surface area contributed by atoms with E-state index < -0.39 is 30.2 Å². The number of carboxylic acids is 1. The summed E-state index contributed by atoms with van der Waals surface area (Å²) >= 11 is 5.42. The summed E-state index contributed by atoms with van der Waals surface area (Å²) in [6.07, 6.45) is -1.29. The van der Waals surface area contributed by atoms with Crippen LogP contribution >= 0.6 is 12.2 Å². The number of halogens is 4. The first kappa shape index (κ1) is 27.6. The van der Waals surface area contributed by atoms with Gasteiger partial charge in [0.05, 0.1) is 18.0 Å². The Kier molecular flexibility index (Phi) is 9.42. The van der Waals surface area contributed by atoms with E-state index in [1.807, 2.05) is 0 Å². The first-order valence-corrected chi connectivity index (χ1v) is 12.2. The Hall–Kier alpha value is -3.01. The molecule has 0 bridgehead atoms. The lowest BCUT2D eigenvalue weighted by Crippen LogP contribution is -2.36. The van der Waals surface area contributed by atoms with Crippen molar-refractivity contribution in [3.8, 4) is 0 Å². The Bertz CT molecular complexity index is 1080. The molecule has 0 aliphatic carbocycles. The smallest absolute Gasteiger partial charge is 0.416 e. The molecule has 1 heterocycles. The summed E-state index contributed by atoms with van der Waals surface area (Å²) in [4.78, 5) is 28.2. The molecule has 0 radical (unpaired) electrons. The maximum atomic E-state index is 13.2. The molecule has 2 aromatic carbocycles. The summed E-state index contributed by atoms with van der Waals surface area (Å²) in [6, 6.07) is 9.37. The van der Waals surface area contributed by atoms with Crippen molar-refractivity contribution in [3.05, 3.63) is 71.0 Å². The van der Waals surface area contributed by atoms with Crippen LogP contribution in [0.25, 0.3) is 0 Å². The monoisotopic (exact) mass is 524 g/mol. The van der Waals surface area contributed by atoms with Crippen molar-refractivity contribution < 1.29 is 32.3 Å². The van der Waals surface area contributed by atoms with Crippen LogP contribution in [0.2, 0.25) is 0 Å². The van der Waals surface area contributed by atoms with Gasteiger partial charge in [-0.05, 0) is 59.5 Å². The Labute approximate surface area is 212 Å². The van der Waals surface area contributed by atoms with E-state index in [0.29, 0.717) is 19.5 Å². The van der Waals surface area contributed by atoms with Gasteiger partial charge in [-0.2, -0.15) is 13.2 Å². The van der Waals surface area contributed by atoms with E-state index in [-0.39, 0.29) is 24.0 Å². The highest BCUT2D eigenvalue weighted by atomic mass is 32.1.